The summed E-state index contributed by atoms with van der Waals surface area (Å²) in [4.78, 5) is 0.307. The van der Waals surface area contributed by atoms with Gasteiger partial charge >= 0.3 is 0 Å². The third-order valence-electron chi connectivity index (χ3n) is 2.93. The summed E-state index contributed by atoms with van der Waals surface area (Å²) in [5.41, 5.74) is 6.36. The van der Waals surface area contributed by atoms with Crippen molar-refractivity contribution < 1.29 is 8.42 Å². The van der Waals surface area contributed by atoms with Crippen LogP contribution in [-0.4, -0.2) is 26.0 Å². The zero-order valence-electron chi connectivity index (χ0n) is 10.1. The summed E-state index contributed by atoms with van der Waals surface area (Å²) < 4.78 is 27.2. The molecule has 1 aliphatic rings. The van der Waals surface area contributed by atoms with Gasteiger partial charge in [0.25, 0.3) is 0 Å². The van der Waals surface area contributed by atoms with Crippen LogP contribution in [0.2, 0.25) is 0 Å². The normalized spacial score (nSPS) is 20.8. The quantitative estimate of drug-likeness (QED) is 0.875. The second kappa shape index (κ2) is 6.06. The molecular formula is C12H18N2O2S2. The lowest BCUT2D eigenvalue weighted by Crippen LogP contribution is -2.38. The first kappa shape index (κ1) is 13.9. The molecule has 1 aromatic rings. The molecule has 2 rings (SSSR count). The predicted octanol–water partition coefficient (Wildman–Crippen LogP) is 1.32. The van der Waals surface area contributed by atoms with Crippen LogP contribution in [0.5, 0.6) is 0 Å². The Morgan fingerprint density at radius 1 is 1.44 bits per heavy atom. The lowest BCUT2D eigenvalue weighted by atomic mass is 10.2. The van der Waals surface area contributed by atoms with E-state index in [2.05, 4.69) is 4.72 Å². The molecule has 0 spiro atoms. The van der Waals surface area contributed by atoms with Crippen molar-refractivity contribution in [3.63, 3.8) is 0 Å². The molecule has 0 aliphatic carbocycles. The van der Waals surface area contributed by atoms with E-state index >= 15 is 0 Å². The number of hydrogen-bond donors (Lipinski definition) is 2. The third kappa shape index (κ3) is 3.47. The summed E-state index contributed by atoms with van der Waals surface area (Å²) in [6, 6.07) is 6.85. The second-order valence-corrected chi connectivity index (χ2v) is 7.25. The molecule has 1 saturated heterocycles. The van der Waals surface area contributed by atoms with Crippen LogP contribution in [0.15, 0.2) is 29.2 Å². The van der Waals surface area contributed by atoms with Crippen LogP contribution in [0.1, 0.15) is 18.4 Å². The molecule has 0 amide bonds. The van der Waals surface area contributed by atoms with Crippen LogP contribution < -0.4 is 10.5 Å². The fraction of sp³-hybridized carbons (Fsp3) is 0.500. The predicted molar refractivity (Wildman–Crippen MR) is 75.0 cm³/mol. The molecule has 0 saturated carbocycles. The Labute approximate surface area is 112 Å². The highest BCUT2D eigenvalue weighted by atomic mass is 32.2. The molecule has 1 unspecified atom stereocenters. The van der Waals surface area contributed by atoms with Crippen molar-refractivity contribution in [3.05, 3.63) is 29.8 Å². The van der Waals surface area contributed by atoms with Crippen molar-refractivity contribution in [2.75, 3.05) is 11.5 Å². The largest absolute Gasteiger partial charge is 0.326 e. The molecule has 18 heavy (non-hydrogen) atoms. The van der Waals surface area contributed by atoms with E-state index in [1.54, 1.807) is 30.0 Å². The van der Waals surface area contributed by atoms with Gasteiger partial charge in [-0.1, -0.05) is 12.1 Å². The molecule has 0 aromatic heterocycles. The van der Waals surface area contributed by atoms with Crippen LogP contribution in [0, 0.1) is 0 Å². The van der Waals surface area contributed by atoms with Gasteiger partial charge in [-0.25, -0.2) is 13.1 Å². The second-order valence-electron chi connectivity index (χ2n) is 4.39. The number of nitrogens with two attached hydrogens (primary N) is 1. The molecule has 1 aromatic carbocycles. The molecule has 4 nitrogen and oxygen atoms in total. The van der Waals surface area contributed by atoms with Crippen molar-refractivity contribution in [2.45, 2.75) is 30.3 Å². The van der Waals surface area contributed by atoms with Gasteiger partial charge in [-0.2, -0.15) is 11.8 Å². The maximum atomic E-state index is 12.2. The van der Waals surface area contributed by atoms with E-state index < -0.39 is 10.0 Å². The molecule has 3 N–H and O–H groups in total. The van der Waals surface area contributed by atoms with E-state index in [0.717, 1.165) is 29.9 Å². The number of hydrogen-bond acceptors (Lipinski definition) is 4. The smallest absolute Gasteiger partial charge is 0.240 e. The number of benzene rings is 1. The van der Waals surface area contributed by atoms with Crippen molar-refractivity contribution in [2.24, 2.45) is 5.73 Å². The number of rotatable bonds is 4. The Kier molecular flexibility index (Phi) is 4.66. The zero-order chi connectivity index (χ0) is 13.0. The Morgan fingerprint density at radius 2 is 2.28 bits per heavy atom. The van der Waals surface area contributed by atoms with Gasteiger partial charge in [-0.3, -0.25) is 0 Å². The highest BCUT2D eigenvalue weighted by Gasteiger charge is 2.22. The van der Waals surface area contributed by atoms with Crippen LogP contribution in [0.3, 0.4) is 0 Å². The van der Waals surface area contributed by atoms with Crippen molar-refractivity contribution >= 4 is 21.8 Å². The number of thioether (sulfide) groups is 1. The molecule has 100 valence electrons. The van der Waals surface area contributed by atoms with Crippen LogP contribution in [0.4, 0.5) is 0 Å². The number of nitrogens with one attached hydrogen (secondary N) is 1. The molecular weight excluding hydrogens is 268 g/mol. The van der Waals surface area contributed by atoms with Gasteiger partial charge in [0.15, 0.2) is 0 Å². The molecule has 1 fully saturated rings. The van der Waals surface area contributed by atoms with Gasteiger partial charge in [-0.05, 0) is 36.3 Å². The van der Waals surface area contributed by atoms with E-state index in [1.807, 2.05) is 6.07 Å². The summed E-state index contributed by atoms with van der Waals surface area (Å²) in [6.07, 6.45) is 1.99. The van der Waals surface area contributed by atoms with Crippen LogP contribution in [-0.2, 0) is 16.6 Å². The molecule has 0 radical (unpaired) electrons. The van der Waals surface area contributed by atoms with E-state index in [-0.39, 0.29) is 6.04 Å². The third-order valence-corrected chi connectivity index (χ3v) is 5.66. The maximum Gasteiger partial charge on any atom is 0.240 e. The molecule has 6 heteroatoms. The summed E-state index contributed by atoms with van der Waals surface area (Å²) in [6.45, 7) is 0.350. The average molecular weight is 286 g/mol. The van der Waals surface area contributed by atoms with Gasteiger partial charge in [0.2, 0.25) is 10.0 Å². The Balaban J connectivity index is 2.13. The van der Waals surface area contributed by atoms with E-state index in [4.69, 9.17) is 5.73 Å². The fourth-order valence-corrected chi connectivity index (χ4v) is 4.48. The Bertz CT molecular complexity index is 497. The molecule has 0 bridgehead atoms. The van der Waals surface area contributed by atoms with Crippen molar-refractivity contribution in [1.82, 2.24) is 4.72 Å². The van der Waals surface area contributed by atoms with Gasteiger partial charge < -0.3 is 5.73 Å². The highest BCUT2D eigenvalue weighted by molar-refractivity contribution is 7.99. The van der Waals surface area contributed by atoms with Crippen molar-refractivity contribution in [1.29, 1.82) is 0 Å². The monoisotopic (exact) mass is 286 g/mol. The summed E-state index contributed by atoms with van der Waals surface area (Å²) in [5, 5.41) is 0. The molecule has 1 heterocycles. The Hall–Kier alpha value is -0.560. The fourth-order valence-electron chi connectivity index (χ4n) is 1.96. The standard InChI is InChI=1S/C12H18N2O2S2/c13-8-10-3-1-5-12(7-10)18(15,16)14-11-4-2-6-17-9-11/h1,3,5,7,11,14H,2,4,6,8-9,13H2. The first-order valence-corrected chi connectivity index (χ1v) is 8.65. The summed E-state index contributed by atoms with van der Waals surface area (Å²) >= 11 is 1.80. The zero-order valence-corrected chi connectivity index (χ0v) is 11.8. The minimum absolute atomic E-state index is 0.0512. The van der Waals surface area contributed by atoms with Gasteiger partial charge in [-0.15, -0.1) is 0 Å². The summed E-state index contributed by atoms with van der Waals surface area (Å²) in [7, 11) is -3.41. The van der Waals surface area contributed by atoms with Crippen molar-refractivity contribution in [3.8, 4) is 0 Å². The summed E-state index contributed by atoms with van der Waals surface area (Å²) in [5.74, 6) is 1.98. The van der Waals surface area contributed by atoms with E-state index in [0.29, 0.717) is 11.4 Å². The highest BCUT2D eigenvalue weighted by Crippen LogP contribution is 2.19. The van der Waals surface area contributed by atoms with Gasteiger partial charge in [0, 0.05) is 18.3 Å². The lowest BCUT2D eigenvalue weighted by molar-refractivity contribution is 0.543. The molecule has 1 atom stereocenters. The number of sulfonamides is 1. The lowest BCUT2D eigenvalue weighted by Gasteiger charge is -2.22. The van der Waals surface area contributed by atoms with Crippen LogP contribution in [0.25, 0.3) is 0 Å². The van der Waals surface area contributed by atoms with Crippen LogP contribution >= 0.6 is 11.8 Å². The van der Waals surface area contributed by atoms with Gasteiger partial charge in [0.1, 0.15) is 0 Å². The minimum Gasteiger partial charge on any atom is -0.326 e. The van der Waals surface area contributed by atoms with E-state index in [1.165, 1.54) is 0 Å². The topological polar surface area (TPSA) is 72.2 Å². The maximum absolute atomic E-state index is 12.2. The van der Waals surface area contributed by atoms with Gasteiger partial charge in [0.05, 0.1) is 4.90 Å². The first-order valence-electron chi connectivity index (χ1n) is 6.01. The SMILES string of the molecule is NCc1cccc(S(=O)(=O)NC2CCCSC2)c1. The first-order chi connectivity index (χ1) is 8.62. The van der Waals surface area contributed by atoms with E-state index in [9.17, 15) is 8.42 Å². The average Bonchev–Trinajstić information content (AvgIpc) is 2.39. The minimum atomic E-state index is -3.41. The molecule has 1 aliphatic heterocycles. The Morgan fingerprint density at radius 3 is 2.94 bits per heavy atom.